The van der Waals surface area contributed by atoms with E-state index in [0.29, 0.717) is 41.0 Å². The summed E-state index contributed by atoms with van der Waals surface area (Å²) < 4.78 is 78.3. The molecule has 7 nitrogen and oxygen atoms in total. The Balaban J connectivity index is 0.000000509. The summed E-state index contributed by atoms with van der Waals surface area (Å²) in [6, 6.07) is 7.20. The van der Waals surface area contributed by atoms with Gasteiger partial charge in [-0.25, -0.2) is 4.79 Å². The molecule has 2 unspecified atom stereocenters. The molecule has 0 amide bonds. The summed E-state index contributed by atoms with van der Waals surface area (Å²) >= 11 is 0. The van der Waals surface area contributed by atoms with Gasteiger partial charge in [-0.2, -0.15) is 13.2 Å². The number of rotatable bonds is 5. The van der Waals surface area contributed by atoms with Crippen molar-refractivity contribution in [1.29, 1.82) is 0 Å². The minimum Gasteiger partial charge on any atom is -0.492 e. The van der Waals surface area contributed by atoms with Gasteiger partial charge < -0.3 is 30.5 Å². The minimum absolute atomic E-state index is 0.134. The Morgan fingerprint density at radius 2 is 1.71 bits per heavy atom. The number of ether oxygens (including phenoxy) is 2. The monoisotopic (exact) mass is 497 g/mol. The third kappa shape index (κ3) is 6.74. The molecule has 34 heavy (non-hydrogen) atoms. The molecule has 0 bridgehead atoms. The largest absolute Gasteiger partial charge is 0.573 e. The summed E-state index contributed by atoms with van der Waals surface area (Å²) in [6.45, 7) is 2.03. The van der Waals surface area contributed by atoms with Crippen LogP contribution in [0.2, 0.25) is 0 Å². The van der Waals surface area contributed by atoms with E-state index in [9.17, 15) is 36.6 Å². The van der Waals surface area contributed by atoms with E-state index in [0.717, 1.165) is 5.56 Å². The zero-order valence-electron chi connectivity index (χ0n) is 17.6. The van der Waals surface area contributed by atoms with Crippen LogP contribution in [-0.4, -0.2) is 46.5 Å². The molecule has 1 aliphatic heterocycles. The van der Waals surface area contributed by atoms with Gasteiger partial charge in [0.15, 0.2) is 0 Å². The van der Waals surface area contributed by atoms with Crippen LogP contribution in [0, 0.1) is 0 Å². The number of carboxylic acids is 1. The Labute approximate surface area is 189 Å². The number of carboxylic acid groups (broad SMARTS) is 1. The highest BCUT2D eigenvalue weighted by Crippen LogP contribution is 2.43. The standard InChI is InChI=1S/C19H20F3NO4.C2HF3O2/c1-10(24)17(25)16-12(9-23)8-15(18-14(16)6-7-26-18)11-2-4-13(5-3-11)27-19(20,21)22;3-2(4,5)1(6)7/h2-5,8,10,17,24-25H,6-7,9,23H2,1H3;(H,6,7). The lowest BCUT2D eigenvalue weighted by Crippen LogP contribution is -2.21. The fourth-order valence-corrected chi connectivity index (χ4v) is 3.29. The van der Waals surface area contributed by atoms with Gasteiger partial charge in [0.05, 0.1) is 12.7 Å². The maximum Gasteiger partial charge on any atom is 0.573 e. The first kappa shape index (κ1) is 27.2. The van der Waals surface area contributed by atoms with E-state index in [-0.39, 0.29) is 12.3 Å². The van der Waals surface area contributed by atoms with E-state index in [4.69, 9.17) is 20.4 Å². The van der Waals surface area contributed by atoms with Crippen molar-refractivity contribution in [3.63, 3.8) is 0 Å². The highest BCUT2D eigenvalue weighted by Gasteiger charge is 2.38. The maximum atomic E-state index is 12.3. The number of halogens is 6. The molecule has 1 heterocycles. The topological polar surface area (TPSA) is 122 Å². The molecule has 0 saturated carbocycles. The number of aliphatic hydroxyl groups excluding tert-OH is 2. The molecule has 13 heteroatoms. The van der Waals surface area contributed by atoms with Gasteiger partial charge in [0.25, 0.3) is 0 Å². The Bertz CT molecular complexity index is 1000. The normalized spacial score (nSPS) is 14.9. The van der Waals surface area contributed by atoms with Crippen LogP contribution in [0.3, 0.4) is 0 Å². The first-order valence-electron chi connectivity index (χ1n) is 9.69. The Morgan fingerprint density at radius 1 is 1.15 bits per heavy atom. The molecule has 0 aromatic heterocycles. The number of benzene rings is 2. The highest BCUT2D eigenvalue weighted by atomic mass is 19.4. The SMILES string of the molecule is CC(O)C(O)c1c(CN)cc(-c2ccc(OC(F)(F)F)cc2)c2c1CCO2.O=C(O)C(F)(F)F. The van der Waals surface area contributed by atoms with Gasteiger partial charge in [0.2, 0.25) is 0 Å². The Hall–Kier alpha value is -3.03. The van der Waals surface area contributed by atoms with Crippen LogP contribution in [0.1, 0.15) is 29.7 Å². The zero-order chi connectivity index (χ0) is 25.8. The van der Waals surface area contributed by atoms with Gasteiger partial charge >= 0.3 is 18.5 Å². The molecule has 188 valence electrons. The number of carbonyl (C=O) groups is 1. The predicted octanol–water partition coefficient (Wildman–Crippen LogP) is 3.69. The molecular formula is C21H21F6NO6. The van der Waals surface area contributed by atoms with E-state index in [1.807, 2.05) is 0 Å². The third-order valence-corrected chi connectivity index (χ3v) is 4.72. The second kappa shape index (κ2) is 10.5. The minimum atomic E-state index is -5.08. The fraction of sp³-hybridized carbons (Fsp3) is 0.381. The molecule has 0 fully saturated rings. The molecule has 0 radical (unpaired) electrons. The van der Waals surface area contributed by atoms with Crippen LogP contribution in [0.5, 0.6) is 11.5 Å². The van der Waals surface area contributed by atoms with E-state index in [2.05, 4.69) is 4.74 Å². The number of aliphatic hydroxyl groups is 2. The molecule has 1 aliphatic rings. The zero-order valence-corrected chi connectivity index (χ0v) is 17.6. The molecule has 2 aromatic carbocycles. The van der Waals surface area contributed by atoms with Crippen LogP contribution >= 0.6 is 0 Å². The number of alkyl halides is 6. The first-order chi connectivity index (χ1) is 15.7. The van der Waals surface area contributed by atoms with Gasteiger partial charge in [0, 0.05) is 24.1 Å². The second-order valence-electron chi connectivity index (χ2n) is 7.17. The highest BCUT2D eigenvalue weighted by molar-refractivity contribution is 5.76. The first-order valence-corrected chi connectivity index (χ1v) is 9.69. The number of fused-ring (bicyclic) bond motifs is 1. The van der Waals surface area contributed by atoms with E-state index >= 15 is 0 Å². The maximum absolute atomic E-state index is 12.3. The van der Waals surface area contributed by atoms with Crippen molar-refractivity contribution >= 4 is 5.97 Å². The molecule has 3 rings (SSSR count). The van der Waals surface area contributed by atoms with Gasteiger partial charge in [-0.1, -0.05) is 12.1 Å². The number of hydrogen-bond acceptors (Lipinski definition) is 6. The van der Waals surface area contributed by atoms with Crippen LogP contribution < -0.4 is 15.2 Å². The lowest BCUT2D eigenvalue weighted by atomic mass is 9.88. The second-order valence-corrected chi connectivity index (χ2v) is 7.17. The van der Waals surface area contributed by atoms with Crippen LogP contribution in [0.25, 0.3) is 11.1 Å². The van der Waals surface area contributed by atoms with E-state index < -0.39 is 30.7 Å². The van der Waals surface area contributed by atoms with Crippen molar-refractivity contribution in [3.8, 4) is 22.6 Å². The molecule has 0 aliphatic carbocycles. The molecule has 5 N–H and O–H groups in total. The van der Waals surface area contributed by atoms with Gasteiger partial charge in [-0.05, 0) is 41.8 Å². The smallest absolute Gasteiger partial charge is 0.492 e. The quantitative estimate of drug-likeness (QED) is 0.465. The third-order valence-electron chi connectivity index (χ3n) is 4.72. The lowest BCUT2D eigenvalue weighted by Gasteiger charge is -2.22. The lowest BCUT2D eigenvalue weighted by molar-refractivity contribution is -0.274. The molecule has 0 spiro atoms. The summed E-state index contributed by atoms with van der Waals surface area (Å²) in [5.41, 5.74) is 9.12. The summed E-state index contributed by atoms with van der Waals surface area (Å²) in [6.07, 6.45) is -11.4. The van der Waals surface area contributed by atoms with E-state index in [1.165, 1.54) is 31.2 Å². The van der Waals surface area contributed by atoms with Crippen molar-refractivity contribution in [2.75, 3.05) is 6.61 Å². The summed E-state index contributed by atoms with van der Waals surface area (Å²) in [7, 11) is 0. The number of aliphatic carboxylic acids is 1. The predicted molar refractivity (Wildman–Crippen MR) is 106 cm³/mol. The summed E-state index contributed by atoms with van der Waals surface area (Å²) in [5, 5.41) is 27.3. The van der Waals surface area contributed by atoms with Crippen molar-refractivity contribution < 1.29 is 55.9 Å². The van der Waals surface area contributed by atoms with E-state index in [1.54, 1.807) is 6.07 Å². The van der Waals surface area contributed by atoms with Crippen molar-refractivity contribution in [1.82, 2.24) is 0 Å². The van der Waals surface area contributed by atoms with Crippen LogP contribution in [0.4, 0.5) is 26.3 Å². The molecule has 0 saturated heterocycles. The average molecular weight is 497 g/mol. The van der Waals surface area contributed by atoms with Crippen molar-refractivity contribution in [2.24, 2.45) is 5.73 Å². The van der Waals surface area contributed by atoms with Crippen molar-refractivity contribution in [2.45, 2.75) is 44.6 Å². The Kier molecular flexibility index (Phi) is 8.40. The van der Waals surface area contributed by atoms with Crippen LogP contribution in [0.15, 0.2) is 30.3 Å². The Morgan fingerprint density at radius 3 is 2.15 bits per heavy atom. The number of nitrogens with two attached hydrogens (primary N) is 1. The molecule has 2 atom stereocenters. The van der Waals surface area contributed by atoms with Gasteiger partial charge in [-0.3, -0.25) is 0 Å². The van der Waals surface area contributed by atoms with Crippen LogP contribution in [-0.2, 0) is 17.8 Å². The fourth-order valence-electron chi connectivity index (χ4n) is 3.29. The number of hydrogen-bond donors (Lipinski definition) is 4. The molecular weight excluding hydrogens is 476 g/mol. The average Bonchev–Trinajstić information content (AvgIpc) is 3.21. The molecule has 2 aromatic rings. The van der Waals surface area contributed by atoms with Crippen molar-refractivity contribution in [3.05, 3.63) is 47.0 Å². The summed E-state index contributed by atoms with van der Waals surface area (Å²) in [5.74, 6) is -2.53. The van der Waals surface area contributed by atoms with Gasteiger partial charge in [0.1, 0.15) is 17.6 Å². The summed E-state index contributed by atoms with van der Waals surface area (Å²) in [4.78, 5) is 8.90. The van der Waals surface area contributed by atoms with Gasteiger partial charge in [-0.15, -0.1) is 13.2 Å².